The molecule has 1 amide bonds. The number of amides is 1. The van der Waals surface area contributed by atoms with Crippen LogP contribution in [0.25, 0.3) is 0 Å². The van der Waals surface area contributed by atoms with Crippen molar-refractivity contribution in [3.05, 3.63) is 53.9 Å². The monoisotopic (exact) mass is 440 g/mol. The molecular weight excluding hydrogens is 404 g/mol. The summed E-state index contributed by atoms with van der Waals surface area (Å²) in [4.78, 5) is 14.4. The largest absolute Gasteiger partial charge is 0.396 e. The predicted molar refractivity (Wildman–Crippen MR) is 125 cm³/mol. The maximum absolute atomic E-state index is 12.5. The molecule has 1 saturated heterocycles. The zero-order chi connectivity index (χ0) is 22.8. The summed E-state index contributed by atoms with van der Waals surface area (Å²) in [5.74, 6) is 0.433. The van der Waals surface area contributed by atoms with E-state index >= 15 is 0 Å². The van der Waals surface area contributed by atoms with Gasteiger partial charge in [-0.15, -0.1) is 5.10 Å². The number of hydrogen-bond donors (Lipinski definition) is 1. The van der Waals surface area contributed by atoms with E-state index in [-0.39, 0.29) is 24.5 Å². The third-order valence-corrected chi connectivity index (χ3v) is 6.01. The Morgan fingerprint density at radius 2 is 1.97 bits per heavy atom. The molecule has 2 atom stereocenters. The summed E-state index contributed by atoms with van der Waals surface area (Å²) in [5, 5.41) is 17.1. The molecule has 0 unspecified atom stereocenters. The number of rotatable bonds is 10. The van der Waals surface area contributed by atoms with Crippen LogP contribution in [0.1, 0.15) is 62.8 Å². The Balaban J connectivity index is 1.56. The van der Waals surface area contributed by atoms with Crippen molar-refractivity contribution in [1.29, 1.82) is 0 Å². The molecule has 7 nitrogen and oxygen atoms in total. The van der Waals surface area contributed by atoms with Gasteiger partial charge in [0.05, 0.1) is 11.8 Å². The van der Waals surface area contributed by atoms with Crippen molar-refractivity contribution in [1.82, 2.24) is 15.0 Å². The van der Waals surface area contributed by atoms with Crippen molar-refractivity contribution < 1.29 is 14.6 Å². The number of aromatic nitrogens is 3. The minimum atomic E-state index is -0.0501. The fraction of sp³-hybridized carbons (Fsp3) is 0.560. The second-order valence-corrected chi connectivity index (χ2v) is 8.48. The number of allylic oxidation sites excluding steroid dienone is 1. The highest BCUT2D eigenvalue weighted by Crippen LogP contribution is 2.29. The fourth-order valence-electron chi connectivity index (χ4n) is 4.23. The minimum Gasteiger partial charge on any atom is -0.396 e. The fourth-order valence-corrected chi connectivity index (χ4v) is 4.23. The van der Waals surface area contributed by atoms with E-state index in [0.29, 0.717) is 12.8 Å². The van der Waals surface area contributed by atoms with Crippen LogP contribution in [-0.4, -0.2) is 46.3 Å². The second-order valence-electron chi connectivity index (χ2n) is 8.48. The Kier molecular flexibility index (Phi) is 9.43. The van der Waals surface area contributed by atoms with Crippen LogP contribution in [0.15, 0.2) is 42.6 Å². The van der Waals surface area contributed by atoms with Gasteiger partial charge < -0.3 is 14.7 Å². The van der Waals surface area contributed by atoms with Crippen molar-refractivity contribution in [3.63, 3.8) is 0 Å². The van der Waals surface area contributed by atoms with Gasteiger partial charge in [0.1, 0.15) is 0 Å². The van der Waals surface area contributed by atoms with Crippen LogP contribution in [-0.2, 0) is 22.5 Å². The van der Waals surface area contributed by atoms with Crippen molar-refractivity contribution >= 4 is 11.6 Å². The summed E-state index contributed by atoms with van der Waals surface area (Å²) in [7, 11) is 1.74. The van der Waals surface area contributed by atoms with E-state index in [2.05, 4.69) is 41.5 Å². The molecule has 3 rings (SSSR count). The van der Waals surface area contributed by atoms with Gasteiger partial charge in [-0.2, -0.15) is 0 Å². The lowest BCUT2D eigenvalue weighted by molar-refractivity contribution is -0.118. The summed E-state index contributed by atoms with van der Waals surface area (Å²) in [6, 6.07) is 8.26. The molecule has 1 aromatic carbocycles. The quantitative estimate of drug-likeness (QED) is 0.563. The summed E-state index contributed by atoms with van der Waals surface area (Å²) in [6.45, 7) is 3.79. The molecule has 7 heteroatoms. The van der Waals surface area contributed by atoms with Gasteiger partial charge in [-0.1, -0.05) is 49.3 Å². The average molecular weight is 441 g/mol. The minimum absolute atomic E-state index is 0.0501. The third-order valence-electron chi connectivity index (χ3n) is 6.01. The van der Waals surface area contributed by atoms with E-state index in [0.717, 1.165) is 55.7 Å². The molecule has 1 aromatic heterocycles. The van der Waals surface area contributed by atoms with Crippen LogP contribution in [0.3, 0.4) is 0 Å². The number of aliphatic hydroxyl groups is 1. The summed E-state index contributed by atoms with van der Waals surface area (Å²) in [5.41, 5.74) is 2.90. The Morgan fingerprint density at radius 3 is 2.72 bits per heavy atom. The van der Waals surface area contributed by atoms with Crippen molar-refractivity contribution in [3.8, 4) is 0 Å². The number of carbonyl (C=O) groups excluding carboxylic acids is 1. The molecular formula is C25H36N4O3. The van der Waals surface area contributed by atoms with Crippen LogP contribution < -0.4 is 4.90 Å². The highest BCUT2D eigenvalue weighted by atomic mass is 16.5. The lowest BCUT2D eigenvalue weighted by Gasteiger charge is -2.26. The number of carbonyl (C=O) groups is 1. The first kappa shape index (κ1) is 24.1. The highest BCUT2D eigenvalue weighted by Gasteiger charge is 2.20. The van der Waals surface area contributed by atoms with Crippen LogP contribution in [0.2, 0.25) is 0 Å². The number of benzene rings is 1. The zero-order valence-electron chi connectivity index (χ0n) is 19.3. The molecule has 1 aliphatic heterocycles. The maximum Gasteiger partial charge on any atom is 0.226 e. The molecule has 0 aliphatic carbocycles. The second kappa shape index (κ2) is 12.5. The summed E-state index contributed by atoms with van der Waals surface area (Å²) in [6.07, 6.45) is 12.6. The van der Waals surface area contributed by atoms with Crippen molar-refractivity contribution in [2.24, 2.45) is 5.92 Å². The van der Waals surface area contributed by atoms with Gasteiger partial charge in [-0.25, -0.2) is 0 Å². The van der Waals surface area contributed by atoms with Crippen LogP contribution in [0.4, 0.5) is 5.69 Å². The molecule has 0 radical (unpaired) electrons. The Labute approximate surface area is 191 Å². The van der Waals surface area contributed by atoms with Crippen LogP contribution in [0, 0.1) is 5.92 Å². The standard InChI is InChI=1S/C25H36N4O3/c1-20(9-6-8-16-28-19-22(15-18-30)26-27-28)25(32-2)21-11-13-23(14-12-21)29-17-7-4-3-5-10-24(29)31/h6,9,11-14,19-20,25,30H,3-5,7-8,10,15-18H2,1-2H3/b9-6+/t20-,25+/m0/s1. The number of aliphatic hydroxyl groups excluding tert-OH is 1. The molecule has 0 saturated carbocycles. The molecule has 32 heavy (non-hydrogen) atoms. The molecule has 1 N–H and O–H groups in total. The molecule has 0 spiro atoms. The topological polar surface area (TPSA) is 80.5 Å². The van der Waals surface area contributed by atoms with E-state index < -0.39 is 0 Å². The number of methoxy groups -OCH3 is 1. The van der Waals surface area contributed by atoms with Gasteiger partial charge in [0.2, 0.25) is 5.91 Å². The molecule has 2 aromatic rings. The van der Waals surface area contributed by atoms with E-state index in [9.17, 15) is 4.79 Å². The van der Waals surface area contributed by atoms with Crippen LogP contribution >= 0.6 is 0 Å². The predicted octanol–water partition coefficient (Wildman–Crippen LogP) is 4.08. The Hall–Kier alpha value is -2.51. The Morgan fingerprint density at radius 1 is 1.19 bits per heavy atom. The molecule has 1 aliphatic rings. The lowest BCUT2D eigenvalue weighted by Crippen LogP contribution is -2.32. The molecule has 174 valence electrons. The zero-order valence-corrected chi connectivity index (χ0v) is 19.3. The Bertz CT molecular complexity index is 862. The normalized spacial score (nSPS) is 17.3. The molecule has 0 bridgehead atoms. The van der Waals surface area contributed by atoms with Gasteiger partial charge in [0, 0.05) is 57.4 Å². The first-order valence-electron chi connectivity index (χ1n) is 11.7. The van der Waals surface area contributed by atoms with E-state index in [1.807, 2.05) is 23.2 Å². The summed E-state index contributed by atoms with van der Waals surface area (Å²) >= 11 is 0. The SMILES string of the molecule is CO[C@@H](c1ccc(N2CCCCCCC2=O)cc1)[C@@H](C)/C=C/CCn1cc(CCO)nn1. The maximum atomic E-state index is 12.5. The number of nitrogens with zero attached hydrogens (tertiary/aromatic N) is 4. The average Bonchev–Trinajstić information content (AvgIpc) is 3.23. The van der Waals surface area contributed by atoms with Gasteiger partial charge >= 0.3 is 0 Å². The lowest BCUT2D eigenvalue weighted by atomic mass is 9.96. The number of hydrogen-bond acceptors (Lipinski definition) is 5. The first-order chi connectivity index (χ1) is 15.6. The molecule has 2 heterocycles. The number of ether oxygens (including phenoxy) is 1. The van der Waals surface area contributed by atoms with Gasteiger partial charge in [-0.05, 0) is 37.0 Å². The number of aryl methyl sites for hydroxylation is 1. The first-order valence-corrected chi connectivity index (χ1v) is 11.7. The van der Waals surface area contributed by atoms with E-state index in [4.69, 9.17) is 9.84 Å². The summed E-state index contributed by atoms with van der Waals surface area (Å²) < 4.78 is 7.61. The third kappa shape index (κ3) is 6.74. The highest BCUT2D eigenvalue weighted by molar-refractivity contribution is 5.93. The smallest absolute Gasteiger partial charge is 0.226 e. The van der Waals surface area contributed by atoms with E-state index in [1.165, 1.54) is 6.42 Å². The van der Waals surface area contributed by atoms with Gasteiger partial charge in [-0.3, -0.25) is 9.48 Å². The van der Waals surface area contributed by atoms with Crippen LogP contribution in [0.5, 0.6) is 0 Å². The van der Waals surface area contributed by atoms with Gasteiger partial charge in [0.25, 0.3) is 0 Å². The number of anilines is 1. The van der Waals surface area contributed by atoms with Crippen molar-refractivity contribution in [2.45, 2.75) is 64.5 Å². The van der Waals surface area contributed by atoms with Gasteiger partial charge in [0.15, 0.2) is 0 Å². The molecule has 1 fully saturated rings. The van der Waals surface area contributed by atoms with Crippen molar-refractivity contribution in [2.75, 3.05) is 25.2 Å². The van der Waals surface area contributed by atoms with E-state index in [1.54, 1.807) is 11.8 Å².